The van der Waals surface area contributed by atoms with Crippen molar-refractivity contribution in [2.45, 2.75) is 4.90 Å². The fourth-order valence-corrected chi connectivity index (χ4v) is 2.14. The van der Waals surface area contributed by atoms with Gasteiger partial charge < -0.3 is 15.3 Å². The van der Waals surface area contributed by atoms with Crippen LogP contribution < -0.4 is 0 Å². The minimum Gasteiger partial charge on any atom is -0.508 e. The summed E-state index contributed by atoms with van der Waals surface area (Å²) in [4.78, 5) is -0.784. The first-order valence-electron chi connectivity index (χ1n) is 4.46. The zero-order valence-electron chi connectivity index (χ0n) is 8.32. The van der Waals surface area contributed by atoms with Crippen LogP contribution in [0, 0.1) is 0 Å². The molecule has 0 unspecified atom stereocenters. The van der Waals surface area contributed by atoms with E-state index in [-0.39, 0.29) is 16.5 Å². The molecule has 0 fully saturated rings. The van der Waals surface area contributed by atoms with Gasteiger partial charge in [-0.1, -0.05) is 6.07 Å². The molecule has 2 aromatic rings. The van der Waals surface area contributed by atoms with E-state index in [0.717, 1.165) is 12.1 Å². The molecule has 0 radical (unpaired) electrons. The maximum Gasteiger partial charge on any atom is 0.298 e. The van der Waals surface area contributed by atoms with Gasteiger partial charge in [0.25, 0.3) is 10.1 Å². The summed E-state index contributed by atoms with van der Waals surface area (Å²) in [6, 6.07) is 4.79. The lowest BCUT2D eigenvalue weighted by atomic mass is 10.1. The first kappa shape index (κ1) is 11.5. The average molecular weight is 256 g/mol. The third-order valence-electron chi connectivity index (χ3n) is 2.31. The van der Waals surface area contributed by atoms with Gasteiger partial charge in [-0.15, -0.1) is 0 Å². The van der Waals surface area contributed by atoms with Gasteiger partial charge in [0.05, 0.1) is 0 Å². The Bertz CT molecular complexity index is 704. The third kappa shape index (κ3) is 1.85. The summed E-state index contributed by atoms with van der Waals surface area (Å²) < 4.78 is 30.8. The summed E-state index contributed by atoms with van der Waals surface area (Å²) in [5.41, 5.74) is 0. The molecule has 0 saturated heterocycles. The first-order valence-corrected chi connectivity index (χ1v) is 5.90. The molecule has 0 bridgehead atoms. The van der Waals surface area contributed by atoms with Crippen LogP contribution in [0.4, 0.5) is 0 Å². The molecule has 7 heteroatoms. The smallest absolute Gasteiger partial charge is 0.298 e. The van der Waals surface area contributed by atoms with Gasteiger partial charge in [0, 0.05) is 5.39 Å². The van der Waals surface area contributed by atoms with Crippen molar-refractivity contribution in [2.24, 2.45) is 0 Å². The van der Waals surface area contributed by atoms with Gasteiger partial charge in [0.1, 0.15) is 10.6 Å². The molecular weight excluding hydrogens is 248 g/mol. The Morgan fingerprint density at radius 2 is 1.59 bits per heavy atom. The summed E-state index contributed by atoms with van der Waals surface area (Å²) in [7, 11) is -4.63. The minimum absolute atomic E-state index is 0.0786. The second-order valence-electron chi connectivity index (χ2n) is 3.45. The largest absolute Gasteiger partial charge is 0.508 e. The standard InChI is InChI=1S/C10H8O6S/c11-6-2-1-5-3-8(17(14,15)16)10(13)9(12)7(5)4-6/h1-4,11-13H,(H,14,15,16). The molecule has 4 N–H and O–H groups in total. The molecule has 0 aliphatic rings. The van der Waals surface area contributed by atoms with Crippen molar-refractivity contribution in [3.05, 3.63) is 24.3 Å². The summed E-state index contributed by atoms with van der Waals surface area (Å²) in [5, 5.41) is 28.6. The number of hydrogen-bond donors (Lipinski definition) is 4. The highest BCUT2D eigenvalue weighted by Crippen LogP contribution is 2.40. The lowest BCUT2D eigenvalue weighted by molar-refractivity contribution is 0.393. The van der Waals surface area contributed by atoms with E-state index < -0.39 is 26.5 Å². The second kappa shape index (κ2) is 3.51. The average Bonchev–Trinajstić information content (AvgIpc) is 2.22. The molecule has 0 amide bonds. The molecule has 0 aliphatic carbocycles. The maximum atomic E-state index is 11.0. The van der Waals surface area contributed by atoms with Crippen molar-refractivity contribution < 1.29 is 28.3 Å². The highest BCUT2D eigenvalue weighted by Gasteiger charge is 2.21. The number of benzene rings is 2. The predicted octanol–water partition coefficient (Wildman–Crippen LogP) is 1.20. The lowest BCUT2D eigenvalue weighted by Crippen LogP contribution is -1.98. The van der Waals surface area contributed by atoms with E-state index in [1.165, 1.54) is 12.1 Å². The van der Waals surface area contributed by atoms with Crippen molar-refractivity contribution in [1.29, 1.82) is 0 Å². The summed E-state index contributed by atoms with van der Waals surface area (Å²) >= 11 is 0. The van der Waals surface area contributed by atoms with Crippen LogP contribution in [0.15, 0.2) is 29.2 Å². The van der Waals surface area contributed by atoms with Gasteiger partial charge in [-0.3, -0.25) is 4.55 Å². The van der Waals surface area contributed by atoms with E-state index in [4.69, 9.17) is 4.55 Å². The van der Waals surface area contributed by atoms with E-state index in [2.05, 4.69) is 0 Å². The Labute approximate surface area is 96.1 Å². The normalized spacial score (nSPS) is 11.8. The van der Waals surface area contributed by atoms with Gasteiger partial charge >= 0.3 is 0 Å². The van der Waals surface area contributed by atoms with E-state index in [0.29, 0.717) is 0 Å². The van der Waals surface area contributed by atoms with Crippen LogP contribution in [0.2, 0.25) is 0 Å². The van der Waals surface area contributed by atoms with E-state index in [1.54, 1.807) is 0 Å². The summed E-state index contributed by atoms with van der Waals surface area (Å²) in [6.45, 7) is 0. The molecule has 2 aromatic carbocycles. The molecule has 90 valence electrons. The first-order chi connectivity index (χ1) is 7.80. The number of fused-ring (bicyclic) bond motifs is 1. The SMILES string of the molecule is O=S(=O)(O)c1cc2ccc(O)cc2c(O)c1O. The second-order valence-corrected chi connectivity index (χ2v) is 4.84. The number of aromatic hydroxyl groups is 3. The quantitative estimate of drug-likeness (QED) is 0.450. The molecule has 17 heavy (non-hydrogen) atoms. The monoisotopic (exact) mass is 256 g/mol. The molecule has 0 aromatic heterocycles. The van der Waals surface area contributed by atoms with Crippen molar-refractivity contribution in [3.8, 4) is 17.2 Å². The van der Waals surface area contributed by atoms with Crippen LogP contribution in [0.25, 0.3) is 10.8 Å². The highest BCUT2D eigenvalue weighted by atomic mass is 32.2. The zero-order chi connectivity index (χ0) is 12.8. The molecule has 0 saturated carbocycles. The van der Waals surface area contributed by atoms with Crippen LogP contribution in [-0.2, 0) is 10.1 Å². The Hall–Kier alpha value is -1.99. The number of phenols is 3. The molecule has 0 spiro atoms. The van der Waals surface area contributed by atoms with Crippen LogP contribution in [0.3, 0.4) is 0 Å². The fourth-order valence-electron chi connectivity index (χ4n) is 1.53. The zero-order valence-corrected chi connectivity index (χ0v) is 9.14. The van der Waals surface area contributed by atoms with Gasteiger partial charge in [-0.05, 0) is 23.6 Å². The van der Waals surface area contributed by atoms with Gasteiger partial charge in [-0.2, -0.15) is 8.42 Å². The van der Waals surface area contributed by atoms with Gasteiger partial charge in [-0.25, -0.2) is 0 Å². The van der Waals surface area contributed by atoms with Crippen molar-refractivity contribution in [1.82, 2.24) is 0 Å². The van der Waals surface area contributed by atoms with E-state index >= 15 is 0 Å². The molecule has 2 rings (SSSR count). The van der Waals surface area contributed by atoms with Crippen LogP contribution in [0.5, 0.6) is 17.2 Å². The minimum atomic E-state index is -4.63. The van der Waals surface area contributed by atoms with Crippen LogP contribution in [0.1, 0.15) is 0 Å². The molecule has 0 atom stereocenters. The van der Waals surface area contributed by atoms with Crippen LogP contribution in [-0.4, -0.2) is 28.3 Å². The van der Waals surface area contributed by atoms with Crippen molar-refractivity contribution >= 4 is 20.9 Å². The van der Waals surface area contributed by atoms with E-state index in [9.17, 15) is 23.7 Å². The Balaban J connectivity index is 2.94. The van der Waals surface area contributed by atoms with E-state index in [1.807, 2.05) is 0 Å². The number of hydrogen-bond acceptors (Lipinski definition) is 5. The topological polar surface area (TPSA) is 115 Å². The van der Waals surface area contributed by atoms with Gasteiger partial charge in [0.2, 0.25) is 0 Å². The van der Waals surface area contributed by atoms with Gasteiger partial charge in [0.15, 0.2) is 11.5 Å². The molecule has 6 nitrogen and oxygen atoms in total. The van der Waals surface area contributed by atoms with Crippen molar-refractivity contribution in [3.63, 3.8) is 0 Å². The molecular formula is C10H8O6S. The Kier molecular flexibility index (Phi) is 2.37. The summed E-state index contributed by atoms with van der Waals surface area (Å²) in [5.74, 6) is -1.82. The Morgan fingerprint density at radius 1 is 0.941 bits per heavy atom. The molecule has 0 heterocycles. The predicted molar refractivity (Wildman–Crippen MR) is 58.8 cm³/mol. The van der Waals surface area contributed by atoms with Crippen molar-refractivity contribution in [2.75, 3.05) is 0 Å². The Morgan fingerprint density at radius 3 is 2.18 bits per heavy atom. The third-order valence-corrected chi connectivity index (χ3v) is 3.18. The van der Waals surface area contributed by atoms with Crippen LogP contribution >= 0.6 is 0 Å². The molecule has 0 aliphatic heterocycles. The maximum absolute atomic E-state index is 11.0. The highest BCUT2D eigenvalue weighted by molar-refractivity contribution is 7.86. The lowest BCUT2D eigenvalue weighted by Gasteiger charge is -2.07. The number of rotatable bonds is 1. The summed E-state index contributed by atoms with van der Waals surface area (Å²) in [6.07, 6.45) is 0. The number of phenolic OH excluding ortho intramolecular Hbond substituents is 3. The fraction of sp³-hybridized carbons (Fsp3) is 0.